The lowest BCUT2D eigenvalue weighted by molar-refractivity contribution is 0.145. The molecule has 1 aromatic carbocycles. The summed E-state index contributed by atoms with van der Waals surface area (Å²) < 4.78 is 20.6. The zero-order valence-corrected chi connectivity index (χ0v) is 20.0. The molecule has 0 amide bonds. The zero-order valence-electron chi connectivity index (χ0n) is 17.7. The molecule has 0 atom stereocenters. The summed E-state index contributed by atoms with van der Waals surface area (Å²) in [5.74, 6) is 2.18. The van der Waals surface area contributed by atoms with Crippen LogP contribution in [-0.2, 0) is 24.8 Å². The van der Waals surface area contributed by atoms with Crippen LogP contribution in [0.1, 0.15) is 36.1 Å². The van der Waals surface area contributed by atoms with Gasteiger partial charge in [-0.3, -0.25) is 0 Å². The van der Waals surface area contributed by atoms with Crippen LogP contribution in [0.4, 0.5) is 4.39 Å². The van der Waals surface area contributed by atoms with Crippen LogP contribution in [0.3, 0.4) is 0 Å². The first-order chi connectivity index (χ1) is 13.5. The molecule has 0 aliphatic carbocycles. The fraction of sp³-hybridized carbons (Fsp3) is 0.550. The van der Waals surface area contributed by atoms with Crippen molar-refractivity contribution in [2.45, 2.75) is 40.2 Å². The Balaban J connectivity index is 0.00000420. The lowest BCUT2D eigenvalue weighted by Crippen LogP contribution is -2.39. The van der Waals surface area contributed by atoms with Gasteiger partial charge in [-0.25, -0.2) is 9.38 Å². The number of nitrogens with one attached hydrogen (secondary N) is 2. The Morgan fingerprint density at radius 2 is 1.97 bits per heavy atom. The van der Waals surface area contributed by atoms with Gasteiger partial charge in [0.2, 0.25) is 0 Å². The summed E-state index contributed by atoms with van der Waals surface area (Å²) in [7, 11) is 1.93. The number of ether oxygens (including phenoxy) is 1. The van der Waals surface area contributed by atoms with Gasteiger partial charge in [-0.2, -0.15) is 0 Å². The Morgan fingerprint density at radius 1 is 1.21 bits per heavy atom. The van der Waals surface area contributed by atoms with E-state index in [1.54, 1.807) is 6.07 Å². The molecule has 2 aromatic rings. The molecule has 2 rings (SSSR count). The number of guanidine groups is 1. The van der Waals surface area contributed by atoms with Crippen LogP contribution >= 0.6 is 24.0 Å². The van der Waals surface area contributed by atoms with Crippen molar-refractivity contribution in [3.05, 3.63) is 46.8 Å². The highest BCUT2D eigenvalue weighted by Crippen LogP contribution is 2.10. The van der Waals surface area contributed by atoms with Gasteiger partial charge < -0.3 is 19.9 Å². The van der Waals surface area contributed by atoms with E-state index in [1.807, 2.05) is 38.5 Å². The number of rotatable bonds is 10. The molecule has 29 heavy (non-hydrogen) atoms. The number of hydrogen-bond acceptors (Lipinski definition) is 4. The van der Waals surface area contributed by atoms with Gasteiger partial charge in [-0.15, -0.1) is 34.2 Å². The lowest BCUT2D eigenvalue weighted by atomic mass is 10.1. The van der Waals surface area contributed by atoms with Crippen molar-refractivity contribution in [2.75, 3.05) is 26.3 Å². The monoisotopic (exact) mass is 518 g/mol. The molecule has 0 spiro atoms. The predicted molar refractivity (Wildman–Crippen MR) is 124 cm³/mol. The number of benzene rings is 1. The average Bonchev–Trinajstić information content (AvgIpc) is 2.99. The van der Waals surface area contributed by atoms with E-state index in [-0.39, 0.29) is 29.8 Å². The molecule has 162 valence electrons. The van der Waals surface area contributed by atoms with E-state index in [2.05, 4.69) is 25.8 Å². The molecule has 1 aromatic heterocycles. The molecule has 1 heterocycles. The van der Waals surface area contributed by atoms with Gasteiger partial charge in [0.15, 0.2) is 11.8 Å². The molecule has 0 fully saturated rings. The Hall–Kier alpha value is -1.75. The third kappa shape index (κ3) is 8.65. The molecule has 0 bridgehead atoms. The predicted octanol–water partition coefficient (Wildman–Crippen LogP) is 2.89. The minimum atomic E-state index is -0.202. The minimum Gasteiger partial charge on any atom is -0.382 e. The summed E-state index contributed by atoms with van der Waals surface area (Å²) in [4.78, 5) is 4.62. The van der Waals surface area contributed by atoms with Crippen molar-refractivity contribution in [1.82, 2.24) is 25.4 Å². The Bertz CT molecular complexity index is 780. The first-order valence-electron chi connectivity index (χ1n) is 9.71. The second-order valence-corrected chi connectivity index (χ2v) is 6.61. The topological polar surface area (TPSA) is 76.4 Å². The maximum absolute atomic E-state index is 13.3. The SMILES string of the molecule is CCOCCCNC(=NCc1nnc(C)n1C)NCCc1ccc(F)cc1C.I. The fourth-order valence-electron chi connectivity index (χ4n) is 2.69. The highest BCUT2D eigenvalue weighted by atomic mass is 127. The molecule has 0 aliphatic rings. The van der Waals surface area contributed by atoms with E-state index >= 15 is 0 Å². The number of aromatic nitrogens is 3. The van der Waals surface area contributed by atoms with E-state index in [1.165, 1.54) is 6.07 Å². The smallest absolute Gasteiger partial charge is 0.191 e. The molecule has 0 unspecified atom stereocenters. The number of hydrogen-bond donors (Lipinski definition) is 2. The lowest BCUT2D eigenvalue weighted by Gasteiger charge is -2.13. The summed E-state index contributed by atoms with van der Waals surface area (Å²) in [5, 5.41) is 14.9. The summed E-state index contributed by atoms with van der Waals surface area (Å²) in [5.41, 5.74) is 2.08. The maximum Gasteiger partial charge on any atom is 0.191 e. The van der Waals surface area contributed by atoms with Crippen LogP contribution in [-0.4, -0.2) is 47.0 Å². The molecule has 7 nitrogen and oxygen atoms in total. The van der Waals surface area contributed by atoms with E-state index in [0.717, 1.165) is 54.7 Å². The summed E-state index contributed by atoms with van der Waals surface area (Å²) >= 11 is 0. The average molecular weight is 518 g/mol. The molecule has 2 N–H and O–H groups in total. The molecular formula is C20H32FIN6O. The second kappa shape index (κ2) is 13.5. The third-order valence-electron chi connectivity index (χ3n) is 4.51. The Labute approximate surface area is 189 Å². The van der Waals surface area contributed by atoms with Gasteiger partial charge in [0.05, 0.1) is 0 Å². The fourth-order valence-corrected chi connectivity index (χ4v) is 2.69. The van der Waals surface area contributed by atoms with E-state index < -0.39 is 0 Å². The van der Waals surface area contributed by atoms with Gasteiger partial charge in [0.25, 0.3) is 0 Å². The second-order valence-electron chi connectivity index (χ2n) is 6.61. The standard InChI is InChI=1S/C20H31FN6O.HI/c1-5-28-12-6-10-22-20(24-14-19-26-25-16(3)27(19)4)23-11-9-17-7-8-18(21)13-15(17)2;/h7-8,13H,5-6,9-12,14H2,1-4H3,(H2,22,23,24);1H. The Kier molecular flexibility index (Phi) is 11.7. The summed E-state index contributed by atoms with van der Waals surface area (Å²) in [6.45, 7) is 9.17. The van der Waals surface area contributed by atoms with Gasteiger partial charge in [-0.1, -0.05) is 6.07 Å². The zero-order chi connectivity index (χ0) is 20.4. The third-order valence-corrected chi connectivity index (χ3v) is 4.51. The molecular weight excluding hydrogens is 486 g/mol. The minimum absolute atomic E-state index is 0. The van der Waals surface area contributed by atoms with Crippen molar-refractivity contribution >= 4 is 29.9 Å². The van der Waals surface area contributed by atoms with Crippen molar-refractivity contribution < 1.29 is 9.13 Å². The first kappa shape index (κ1) is 25.3. The van der Waals surface area contributed by atoms with E-state index in [0.29, 0.717) is 19.7 Å². The molecule has 9 heteroatoms. The molecule has 0 saturated carbocycles. The van der Waals surface area contributed by atoms with Gasteiger partial charge >= 0.3 is 0 Å². The van der Waals surface area contributed by atoms with E-state index in [9.17, 15) is 4.39 Å². The number of aryl methyl sites for hydroxylation is 2. The van der Waals surface area contributed by atoms with Crippen LogP contribution < -0.4 is 10.6 Å². The normalized spacial score (nSPS) is 11.3. The molecule has 0 aliphatic heterocycles. The van der Waals surface area contributed by atoms with Crippen LogP contribution in [0.25, 0.3) is 0 Å². The summed E-state index contributed by atoms with van der Waals surface area (Å²) in [6.07, 6.45) is 1.68. The number of aliphatic imine (C=N–C) groups is 1. The highest BCUT2D eigenvalue weighted by molar-refractivity contribution is 14.0. The van der Waals surface area contributed by atoms with Crippen molar-refractivity contribution in [3.8, 4) is 0 Å². The number of halogens is 2. The van der Waals surface area contributed by atoms with Crippen LogP contribution in [0.5, 0.6) is 0 Å². The van der Waals surface area contributed by atoms with Crippen molar-refractivity contribution in [2.24, 2.45) is 12.0 Å². The van der Waals surface area contributed by atoms with Gasteiger partial charge in [0.1, 0.15) is 18.2 Å². The quantitative estimate of drug-likeness (QED) is 0.219. The Morgan fingerprint density at radius 3 is 2.62 bits per heavy atom. The molecule has 0 radical (unpaired) electrons. The van der Waals surface area contributed by atoms with Gasteiger partial charge in [0, 0.05) is 33.4 Å². The number of nitrogens with zero attached hydrogens (tertiary/aromatic N) is 4. The summed E-state index contributed by atoms with van der Waals surface area (Å²) in [6, 6.07) is 4.90. The van der Waals surface area contributed by atoms with Crippen molar-refractivity contribution in [3.63, 3.8) is 0 Å². The maximum atomic E-state index is 13.3. The van der Waals surface area contributed by atoms with Crippen LogP contribution in [0.15, 0.2) is 23.2 Å². The highest BCUT2D eigenvalue weighted by Gasteiger charge is 2.06. The molecule has 0 saturated heterocycles. The first-order valence-corrected chi connectivity index (χ1v) is 9.71. The van der Waals surface area contributed by atoms with Crippen LogP contribution in [0.2, 0.25) is 0 Å². The largest absolute Gasteiger partial charge is 0.382 e. The van der Waals surface area contributed by atoms with E-state index in [4.69, 9.17) is 4.74 Å². The van der Waals surface area contributed by atoms with Crippen molar-refractivity contribution in [1.29, 1.82) is 0 Å². The van der Waals surface area contributed by atoms with Gasteiger partial charge in [-0.05, 0) is 56.9 Å². The van der Waals surface area contributed by atoms with Crippen LogP contribution in [0, 0.1) is 19.7 Å².